The third kappa shape index (κ3) is 2.60. The number of aryl methyl sites for hydroxylation is 2. The topological polar surface area (TPSA) is 41.6 Å². The number of aromatic nitrogens is 2. The average molecular weight is 289 g/mol. The van der Waals surface area contributed by atoms with E-state index in [1.165, 1.54) is 33.3 Å². The molecule has 0 aliphatic carbocycles. The van der Waals surface area contributed by atoms with Gasteiger partial charge >= 0.3 is 0 Å². The molecule has 0 unspecified atom stereocenters. The molecule has 3 aromatic rings. The average Bonchev–Trinajstić information content (AvgIpc) is 2.78. The Hall–Kier alpha value is -2.60. The molecule has 0 spiro atoms. The lowest BCUT2D eigenvalue weighted by molar-refractivity contribution is 0.718. The number of benzene rings is 1. The molecule has 0 atom stereocenters. The smallest absolute Gasteiger partial charge is 0.0640 e. The molecular weight excluding hydrogens is 270 g/mol. The van der Waals surface area contributed by atoms with Crippen LogP contribution in [0.15, 0.2) is 42.7 Å². The first-order valence-corrected chi connectivity index (χ1v) is 7.55. The van der Waals surface area contributed by atoms with Crippen LogP contribution in [-0.4, -0.2) is 9.55 Å². The lowest BCUT2D eigenvalue weighted by Gasteiger charge is -2.06. The molecule has 0 fully saturated rings. The lowest BCUT2D eigenvalue weighted by atomic mass is 10.0. The second-order valence-electron chi connectivity index (χ2n) is 5.68. The van der Waals surface area contributed by atoms with E-state index in [1.807, 2.05) is 12.3 Å². The van der Waals surface area contributed by atoms with Gasteiger partial charge in [0.25, 0.3) is 0 Å². The largest absolute Gasteiger partial charge is 0.344 e. The van der Waals surface area contributed by atoms with Crippen molar-refractivity contribution in [1.29, 1.82) is 5.26 Å². The van der Waals surface area contributed by atoms with Crippen molar-refractivity contribution in [3.8, 4) is 6.07 Å². The molecule has 0 saturated heterocycles. The van der Waals surface area contributed by atoms with E-state index in [1.54, 1.807) is 6.20 Å². The Morgan fingerprint density at radius 2 is 2.09 bits per heavy atom. The van der Waals surface area contributed by atoms with Crippen LogP contribution in [-0.2, 0) is 13.0 Å². The van der Waals surface area contributed by atoms with Crippen molar-refractivity contribution in [2.45, 2.75) is 33.2 Å². The lowest BCUT2D eigenvalue weighted by Crippen LogP contribution is -2.00. The van der Waals surface area contributed by atoms with Gasteiger partial charge in [-0.25, -0.2) is 0 Å². The molecule has 3 rings (SSSR count). The second kappa shape index (κ2) is 6.03. The van der Waals surface area contributed by atoms with Crippen LogP contribution in [0.2, 0.25) is 0 Å². The second-order valence-corrected chi connectivity index (χ2v) is 5.68. The van der Waals surface area contributed by atoms with E-state index in [9.17, 15) is 0 Å². The van der Waals surface area contributed by atoms with Gasteiger partial charge in [-0.2, -0.15) is 5.26 Å². The summed E-state index contributed by atoms with van der Waals surface area (Å²) in [6.07, 6.45) is 5.13. The van der Waals surface area contributed by atoms with Crippen LogP contribution >= 0.6 is 0 Å². The van der Waals surface area contributed by atoms with Gasteiger partial charge in [0.05, 0.1) is 12.5 Å². The predicted molar refractivity (Wildman–Crippen MR) is 88.7 cm³/mol. The first-order chi connectivity index (χ1) is 10.7. The summed E-state index contributed by atoms with van der Waals surface area (Å²) in [6, 6.07) is 12.9. The Morgan fingerprint density at radius 3 is 2.82 bits per heavy atom. The minimum Gasteiger partial charge on any atom is -0.344 e. The highest BCUT2D eigenvalue weighted by Gasteiger charge is 2.14. The van der Waals surface area contributed by atoms with Gasteiger partial charge in [-0.1, -0.05) is 17.7 Å². The quantitative estimate of drug-likeness (QED) is 0.723. The van der Waals surface area contributed by atoms with E-state index < -0.39 is 0 Å². The predicted octanol–water partition coefficient (Wildman–Crippen LogP) is 4.16. The van der Waals surface area contributed by atoms with Gasteiger partial charge in [0.2, 0.25) is 0 Å². The highest BCUT2D eigenvalue weighted by molar-refractivity contribution is 5.86. The molecule has 0 N–H and O–H groups in total. The summed E-state index contributed by atoms with van der Waals surface area (Å²) in [6.45, 7) is 5.02. The molecule has 0 bridgehead atoms. The normalized spacial score (nSPS) is 10.8. The molecule has 0 aliphatic heterocycles. The van der Waals surface area contributed by atoms with Gasteiger partial charge in [0, 0.05) is 42.0 Å². The van der Waals surface area contributed by atoms with Crippen molar-refractivity contribution in [3.63, 3.8) is 0 Å². The Labute approximate surface area is 130 Å². The van der Waals surface area contributed by atoms with Crippen LogP contribution in [0.25, 0.3) is 10.9 Å². The maximum absolute atomic E-state index is 8.91. The summed E-state index contributed by atoms with van der Waals surface area (Å²) in [5, 5.41) is 10.2. The number of nitrogens with zero attached hydrogens (tertiary/aromatic N) is 3. The number of rotatable bonds is 4. The highest BCUT2D eigenvalue weighted by atomic mass is 15.0. The summed E-state index contributed by atoms with van der Waals surface area (Å²) in [5.74, 6) is 0. The van der Waals surface area contributed by atoms with E-state index in [2.05, 4.69) is 53.7 Å². The number of pyridine rings is 1. The van der Waals surface area contributed by atoms with Crippen LogP contribution < -0.4 is 0 Å². The molecule has 22 heavy (non-hydrogen) atoms. The Bertz CT molecular complexity index is 838. The van der Waals surface area contributed by atoms with Gasteiger partial charge in [0.15, 0.2) is 0 Å². The number of hydrogen-bond donors (Lipinski definition) is 0. The van der Waals surface area contributed by atoms with E-state index in [-0.39, 0.29) is 0 Å². The number of hydrogen-bond acceptors (Lipinski definition) is 2. The molecule has 0 saturated carbocycles. The Morgan fingerprint density at radius 1 is 1.23 bits per heavy atom. The van der Waals surface area contributed by atoms with Crippen molar-refractivity contribution in [3.05, 3.63) is 65.1 Å². The van der Waals surface area contributed by atoms with E-state index in [0.717, 1.165) is 13.0 Å². The van der Waals surface area contributed by atoms with Crippen LogP contribution in [0.3, 0.4) is 0 Å². The van der Waals surface area contributed by atoms with Gasteiger partial charge in [-0.15, -0.1) is 0 Å². The zero-order chi connectivity index (χ0) is 15.5. The Kier molecular flexibility index (Phi) is 3.93. The molecule has 3 heteroatoms. The van der Waals surface area contributed by atoms with E-state index in [4.69, 9.17) is 5.26 Å². The van der Waals surface area contributed by atoms with Gasteiger partial charge in [-0.3, -0.25) is 4.98 Å². The molecule has 0 radical (unpaired) electrons. The monoisotopic (exact) mass is 289 g/mol. The third-order valence-electron chi connectivity index (χ3n) is 4.16. The van der Waals surface area contributed by atoms with Crippen LogP contribution in [0.4, 0.5) is 0 Å². The summed E-state index contributed by atoms with van der Waals surface area (Å²) in [5.41, 5.74) is 6.28. The summed E-state index contributed by atoms with van der Waals surface area (Å²) < 4.78 is 2.27. The fourth-order valence-corrected chi connectivity index (χ4v) is 3.05. The molecule has 110 valence electrons. The van der Waals surface area contributed by atoms with Crippen molar-refractivity contribution >= 4 is 10.9 Å². The SMILES string of the molecule is Cc1ccc2c(c1)c(Cc1cccnc1)c(C)n2CCC#N. The summed E-state index contributed by atoms with van der Waals surface area (Å²) in [7, 11) is 0. The Balaban J connectivity index is 2.14. The third-order valence-corrected chi connectivity index (χ3v) is 4.16. The molecule has 1 aromatic carbocycles. The highest BCUT2D eigenvalue weighted by Crippen LogP contribution is 2.29. The molecular formula is C19H19N3. The fraction of sp³-hybridized carbons (Fsp3) is 0.263. The summed E-state index contributed by atoms with van der Waals surface area (Å²) in [4.78, 5) is 4.21. The van der Waals surface area contributed by atoms with E-state index >= 15 is 0 Å². The van der Waals surface area contributed by atoms with E-state index in [0.29, 0.717) is 6.42 Å². The molecule has 0 amide bonds. The molecule has 2 heterocycles. The number of nitriles is 1. The molecule has 3 nitrogen and oxygen atoms in total. The fourth-order valence-electron chi connectivity index (χ4n) is 3.05. The maximum atomic E-state index is 8.91. The van der Waals surface area contributed by atoms with Crippen molar-refractivity contribution < 1.29 is 0 Å². The minimum absolute atomic E-state index is 0.533. The zero-order valence-corrected chi connectivity index (χ0v) is 13.0. The van der Waals surface area contributed by atoms with Gasteiger partial charge in [-0.05, 0) is 43.2 Å². The van der Waals surface area contributed by atoms with Gasteiger partial charge < -0.3 is 4.57 Å². The van der Waals surface area contributed by atoms with Crippen LogP contribution in [0.5, 0.6) is 0 Å². The van der Waals surface area contributed by atoms with Crippen molar-refractivity contribution in [2.24, 2.45) is 0 Å². The first kappa shape index (κ1) is 14.3. The zero-order valence-electron chi connectivity index (χ0n) is 13.0. The molecule has 0 aliphatic rings. The molecule has 2 aromatic heterocycles. The van der Waals surface area contributed by atoms with Crippen molar-refractivity contribution in [1.82, 2.24) is 9.55 Å². The van der Waals surface area contributed by atoms with Crippen LogP contribution in [0, 0.1) is 25.2 Å². The number of fused-ring (bicyclic) bond motifs is 1. The summed E-state index contributed by atoms with van der Waals surface area (Å²) >= 11 is 0. The maximum Gasteiger partial charge on any atom is 0.0640 e. The minimum atomic E-state index is 0.533. The standard InChI is InChI=1S/C19H19N3/c1-14-6-7-19-18(11-14)17(12-16-5-3-9-21-13-16)15(2)22(19)10-4-8-20/h3,5-7,9,11,13H,4,10,12H2,1-2H3. The van der Waals surface area contributed by atoms with Crippen LogP contribution in [0.1, 0.15) is 28.8 Å². The van der Waals surface area contributed by atoms with Gasteiger partial charge in [0.1, 0.15) is 0 Å². The van der Waals surface area contributed by atoms with Crippen molar-refractivity contribution in [2.75, 3.05) is 0 Å². The first-order valence-electron chi connectivity index (χ1n) is 7.55.